The van der Waals surface area contributed by atoms with Crippen molar-refractivity contribution in [3.63, 3.8) is 0 Å². The van der Waals surface area contributed by atoms with Gasteiger partial charge >= 0.3 is 0 Å². The van der Waals surface area contributed by atoms with E-state index in [2.05, 4.69) is 10.3 Å². The summed E-state index contributed by atoms with van der Waals surface area (Å²) in [4.78, 5) is 16.0. The number of aromatic nitrogens is 1. The largest absolute Gasteiger partial charge is 0.397 e. The lowest BCUT2D eigenvalue weighted by Gasteiger charge is -2.09. The lowest BCUT2D eigenvalue weighted by molar-refractivity contribution is -0.117. The number of carbonyl (C=O) groups excluding carboxylic acids is 1. The van der Waals surface area contributed by atoms with Crippen molar-refractivity contribution >= 4 is 28.2 Å². The van der Waals surface area contributed by atoms with Crippen LogP contribution in [0, 0.1) is 0 Å². The number of benzene rings is 1. The molecule has 1 heterocycles. The summed E-state index contributed by atoms with van der Waals surface area (Å²) in [5.74, 6) is -0.0802. The second-order valence-corrected chi connectivity index (χ2v) is 4.10. The first-order valence-electron chi connectivity index (χ1n) is 6.23. The molecule has 2 aromatic rings. The Labute approximate surface area is 111 Å². The summed E-state index contributed by atoms with van der Waals surface area (Å²) in [6, 6.07) is 7.24. The number of pyridine rings is 1. The average molecular weight is 259 g/mol. The van der Waals surface area contributed by atoms with Crippen LogP contribution in [0.15, 0.2) is 30.5 Å². The molecule has 19 heavy (non-hydrogen) atoms. The molecule has 0 radical (unpaired) electrons. The number of hydrogen-bond acceptors (Lipinski definition) is 4. The first-order valence-corrected chi connectivity index (χ1v) is 6.23. The maximum atomic E-state index is 11.8. The van der Waals surface area contributed by atoms with E-state index in [1.807, 2.05) is 19.1 Å². The van der Waals surface area contributed by atoms with Gasteiger partial charge in [0.25, 0.3) is 0 Å². The zero-order valence-electron chi connectivity index (χ0n) is 10.8. The lowest BCUT2D eigenvalue weighted by Crippen LogP contribution is -2.14. The summed E-state index contributed by atoms with van der Waals surface area (Å²) in [5, 5.41) is 3.70. The molecular weight excluding hydrogens is 242 g/mol. The van der Waals surface area contributed by atoms with Gasteiger partial charge in [-0.15, -0.1) is 0 Å². The molecule has 0 bridgehead atoms. The molecule has 5 nitrogen and oxygen atoms in total. The van der Waals surface area contributed by atoms with Crippen LogP contribution in [-0.2, 0) is 9.53 Å². The predicted molar refractivity (Wildman–Crippen MR) is 75.9 cm³/mol. The molecule has 0 aliphatic carbocycles. The van der Waals surface area contributed by atoms with Crippen LogP contribution < -0.4 is 11.1 Å². The van der Waals surface area contributed by atoms with Gasteiger partial charge in [-0.3, -0.25) is 9.78 Å². The molecular formula is C14H17N3O2. The fourth-order valence-electron chi connectivity index (χ4n) is 1.83. The van der Waals surface area contributed by atoms with Crippen LogP contribution >= 0.6 is 0 Å². The molecule has 0 aliphatic heterocycles. The Hall–Kier alpha value is -2.14. The first kappa shape index (κ1) is 13.3. The van der Waals surface area contributed by atoms with Gasteiger partial charge < -0.3 is 15.8 Å². The van der Waals surface area contributed by atoms with Crippen LogP contribution in [0.1, 0.15) is 13.3 Å². The number of carbonyl (C=O) groups is 1. The number of hydrogen-bond donors (Lipinski definition) is 2. The van der Waals surface area contributed by atoms with E-state index in [4.69, 9.17) is 10.5 Å². The van der Waals surface area contributed by atoms with Gasteiger partial charge in [-0.1, -0.05) is 0 Å². The third kappa shape index (κ3) is 3.20. The summed E-state index contributed by atoms with van der Waals surface area (Å²) in [6.45, 7) is 2.94. The minimum Gasteiger partial charge on any atom is -0.397 e. The Bertz CT molecular complexity index is 584. The minimum absolute atomic E-state index is 0.0802. The normalized spacial score (nSPS) is 10.6. The quantitative estimate of drug-likeness (QED) is 0.637. The standard InChI is InChI=1S/C14H17N3O2/c1-2-19-9-7-13(18)17-12-6-5-11(15)14-10(12)4-3-8-16-14/h3-6,8H,2,7,9,15H2,1H3,(H,17,18). The second kappa shape index (κ2) is 6.15. The van der Waals surface area contributed by atoms with E-state index in [1.54, 1.807) is 18.3 Å². The van der Waals surface area contributed by atoms with Gasteiger partial charge in [0.05, 0.1) is 29.9 Å². The minimum atomic E-state index is -0.0802. The highest BCUT2D eigenvalue weighted by Gasteiger charge is 2.08. The van der Waals surface area contributed by atoms with Crippen LogP contribution in [0.4, 0.5) is 11.4 Å². The van der Waals surface area contributed by atoms with Crippen molar-refractivity contribution in [1.82, 2.24) is 4.98 Å². The van der Waals surface area contributed by atoms with E-state index in [0.29, 0.717) is 30.8 Å². The fourth-order valence-corrected chi connectivity index (χ4v) is 1.83. The van der Waals surface area contributed by atoms with E-state index in [0.717, 1.165) is 11.1 Å². The number of nitrogens with zero attached hydrogens (tertiary/aromatic N) is 1. The predicted octanol–water partition coefficient (Wildman–Crippen LogP) is 2.18. The number of nitrogens with one attached hydrogen (secondary N) is 1. The van der Waals surface area contributed by atoms with Crippen molar-refractivity contribution in [3.8, 4) is 0 Å². The molecule has 0 spiro atoms. The van der Waals surface area contributed by atoms with Gasteiger partial charge in [-0.2, -0.15) is 0 Å². The number of fused-ring (bicyclic) bond motifs is 1. The third-order valence-electron chi connectivity index (χ3n) is 2.75. The maximum Gasteiger partial charge on any atom is 0.226 e. The van der Waals surface area contributed by atoms with Gasteiger partial charge in [0.2, 0.25) is 5.91 Å². The first-order chi connectivity index (χ1) is 9.22. The van der Waals surface area contributed by atoms with Crippen LogP contribution in [0.25, 0.3) is 10.9 Å². The van der Waals surface area contributed by atoms with Crippen LogP contribution in [-0.4, -0.2) is 24.1 Å². The number of ether oxygens (including phenoxy) is 1. The summed E-state index contributed by atoms with van der Waals surface area (Å²) >= 11 is 0. The number of rotatable bonds is 5. The Kier molecular flexibility index (Phi) is 4.30. The van der Waals surface area contributed by atoms with Gasteiger partial charge in [0, 0.05) is 18.2 Å². The highest BCUT2D eigenvalue weighted by molar-refractivity contribution is 6.04. The van der Waals surface area contributed by atoms with Crippen molar-refractivity contribution < 1.29 is 9.53 Å². The average Bonchev–Trinajstić information content (AvgIpc) is 2.43. The Balaban J connectivity index is 2.17. The summed E-state index contributed by atoms with van der Waals surface area (Å²) in [7, 11) is 0. The van der Waals surface area contributed by atoms with Crippen molar-refractivity contribution in [1.29, 1.82) is 0 Å². The number of amides is 1. The van der Waals surface area contributed by atoms with Gasteiger partial charge in [0.1, 0.15) is 0 Å². The molecule has 100 valence electrons. The highest BCUT2D eigenvalue weighted by atomic mass is 16.5. The number of nitrogens with two attached hydrogens (primary N) is 1. The van der Waals surface area contributed by atoms with E-state index >= 15 is 0 Å². The lowest BCUT2D eigenvalue weighted by atomic mass is 10.1. The zero-order valence-corrected chi connectivity index (χ0v) is 10.8. The maximum absolute atomic E-state index is 11.8. The topological polar surface area (TPSA) is 77.2 Å². The van der Waals surface area contributed by atoms with Crippen molar-refractivity contribution in [2.45, 2.75) is 13.3 Å². The highest BCUT2D eigenvalue weighted by Crippen LogP contribution is 2.26. The summed E-state index contributed by atoms with van der Waals surface area (Å²) in [6.07, 6.45) is 2.01. The number of anilines is 2. The van der Waals surface area contributed by atoms with Gasteiger partial charge in [-0.05, 0) is 31.2 Å². The van der Waals surface area contributed by atoms with E-state index in [-0.39, 0.29) is 5.91 Å². The van der Waals surface area contributed by atoms with E-state index in [1.165, 1.54) is 0 Å². The molecule has 1 aromatic carbocycles. The van der Waals surface area contributed by atoms with E-state index < -0.39 is 0 Å². The summed E-state index contributed by atoms with van der Waals surface area (Å²) in [5.41, 5.74) is 7.88. The molecule has 3 N–H and O–H groups in total. The molecule has 0 unspecified atom stereocenters. The van der Waals surface area contributed by atoms with Crippen LogP contribution in [0.5, 0.6) is 0 Å². The third-order valence-corrected chi connectivity index (χ3v) is 2.75. The monoisotopic (exact) mass is 259 g/mol. The molecule has 2 rings (SSSR count). The van der Waals surface area contributed by atoms with Crippen molar-refractivity contribution in [3.05, 3.63) is 30.5 Å². The molecule has 0 fully saturated rings. The van der Waals surface area contributed by atoms with Crippen LogP contribution in [0.2, 0.25) is 0 Å². The molecule has 0 atom stereocenters. The van der Waals surface area contributed by atoms with Gasteiger partial charge in [0.15, 0.2) is 0 Å². The Morgan fingerprint density at radius 1 is 1.42 bits per heavy atom. The molecule has 0 saturated heterocycles. The van der Waals surface area contributed by atoms with Crippen molar-refractivity contribution in [2.75, 3.05) is 24.3 Å². The van der Waals surface area contributed by atoms with E-state index in [9.17, 15) is 4.79 Å². The smallest absolute Gasteiger partial charge is 0.226 e. The molecule has 5 heteroatoms. The molecule has 1 amide bonds. The second-order valence-electron chi connectivity index (χ2n) is 4.10. The fraction of sp³-hybridized carbons (Fsp3) is 0.286. The Morgan fingerprint density at radius 2 is 2.26 bits per heavy atom. The van der Waals surface area contributed by atoms with Crippen LogP contribution in [0.3, 0.4) is 0 Å². The van der Waals surface area contributed by atoms with Crippen molar-refractivity contribution in [2.24, 2.45) is 0 Å². The Morgan fingerprint density at radius 3 is 3.05 bits per heavy atom. The zero-order chi connectivity index (χ0) is 13.7. The number of nitrogen functional groups attached to an aromatic ring is 1. The van der Waals surface area contributed by atoms with Gasteiger partial charge in [-0.25, -0.2) is 0 Å². The molecule has 1 aromatic heterocycles. The SMILES string of the molecule is CCOCCC(=O)Nc1ccc(N)c2ncccc12. The summed E-state index contributed by atoms with van der Waals surface area (Å²) < 4.78 is 5.16. The molecule has 0 aliphatic rings. The molecule has 0 saturated carbocycles.